The minimum Gasteiger partial charge on any atom is -0.373 e. The van der Waals surface area contributed by atoms with Crippen LogP contribution in [0.4, 0.5) is 0 Å². The highest BCUT2D eigenvalue weighted by Gasteiger charge is 2.41. The molecule has 1 aromatic carbocycles. The fourth-order valence-electron chi connectivity index (χ4n) is 3.70. The number of fused-ring (bicyclic) bond motifs is 2. The molecule has 0 amide bonds. The van der Waals surface area contributed by atoms with E-state index in [-0.39, 0.29) is 24.0 Å². The molecule has 1 aromatic rings. The number of aliphatic imine (C=N–C) groups is 1. The van der Waals surface area contributed by atoms with Gasteiger partial charge in [0.25, 0.3) is 0 Å². The molecule has 140 valence electrons. The Labute approximate surface area is 168 Å². The molecule has 2 heterocycles. The molecule has 2 bridgehead atoms. The van der Waals surface area contributed by atoms with Crippen LogP contribution in [0.25, 0.3) is 0 Å². The summed E-state index contributed by atoms with van der Waals surface area (Å²) in [5.74, 6) is 0.885. The van der Waals surface area contributed by atoms with Crippen LogP contribution in [0.3, 0.4) is 0 Å². The maximum Gasteiger partial charge on any atom is 0.191 e. The molecular weight excluding hydrogens is 427 g/mol. The average Bonchev–Trinajstić information content (AvgIpc) is 3.20. The number of guanidine groups is 1. The van der Waals surface area contributed by atoms with Crippen molar-refractivity contribution >= 4 is 29.9 Å². The van der Waals surface area contributed by atoms with Crippen LogP contribution in [0.15, 0.2) is 35.3 Å². The molecule has 6 heteroatoms. The topological polar surface area (TPSA) is 48.9 Å². The minimum atomic E-state index is 0. The maximum absolute atomic E-state index is 5.92. The van der Waals surface area contributed by atoms with Gasteiger partial charge in [-0.1, -0.05) is 30.3 Å². The molecule has 2 aliphatic rings. The van der Waals surface area contributed by atoms with Gasteiger partial charge in [-0.2, -0.15) is 0 Å². The van der Waals surface area contributed by atoms with Gasteiger partial charge in [0.2, 0.25) is 0 Å². The molecule has 2 N–H and O–H groups in total. The normalized spacial score (nSPS) is 26.4. The molecule has 4 atom stereocenters. The SMILES string of the molecule is CN=C(NCC(Cc1ccccc1)N(C)C)NC1CC2CCC1O2.I. The summed E-state index contributed by atoms with van der Waals surface area (Å²) in [5, 5.41) is 7.05. The summed E-state index contributed by atoms with van der Waals surface area (Å²) < 4.78 is 5.92. The lowest BCUT2D eigenvalue weighted by Gasteiger charge is -2.27. The van der Waals surface area contributed by atoms with Crippen LogP contribution in [0.1, 0.15) is 24.8 Å². The highest BCUT2D eigenvalue weighted by atomic mass is 127. The first kappa shape index (κ1) is 20.5. The van der Waals surface area contributed by atoms with E-state index >= 15 is 0 Å². The lowest BCUT2D eigenvalue weighted by atomic mass is 9.96. The number of likely N-dealkylation sites (N-methyl/N-ethyl adjacent to an activating group) is 1. The van der Waals surface area contributed by atoms with Gasteiger partial charge in [0.05, 0.1) is 18.2 Å². The Bertz CT molecular complexity index is 552. The third-order valence-electron chi connectivity index (χ3n) is 5.20. The predicted molar refractivity (Wildman–Crippen MR) is 114 cm³/mol. The van der Waals surface area contributed by atoms with Crippen molar-refractivity contribution in [1.29, 1.82) is 0 Å². The van der Waals surface area contributed by atoms with Crippen molar-refractivity contribution in [3.8, 4) is 0 Å². The Kier molecular flexibility index (Phi) is 7.96. The van der Waals surface area contributed by atoms with Gasteiger partial charge in [-0.3, -0.25) is 4.99 Å². The van der Waals surface area contributed by atoms with Crippen LogP contribution in [-0.4, -0.2) is 62.8 Å². The van der Waals surface area contributed by atoms with E-state index in [9.17, 15) is 0 Å². The number of halogens is 1. The zero-order valence-electron chi connectivity index (χ0n) is 15.4. The summed E-state index contributed by atoms with van der Waals surface area (Å²) in [6.07, 6.45) is 5.34. The van der Waals surface area contributed by atoms with E-state index in [1.807, 2.05) is 7.05 Å². The average molecular weight is 458 g/mol. The number of rotatable bonds is 6. The summed E-state index contributed by atoms with van der Waals surface area (Å²) in [6.45, 7) is 0.864. The Morgan fingerprint density at radius 3 is 2.60 bits per heavy atom. The third-order valence-corrected chi connectivity index (χ3v) is 5.20. The monoisotopic (exact) mass is 458 g/mol. The van der Waals surface area contributed by atoms with Crippen LogP contribution in [-0.2, 0) is 11.2 Å². The molecule has 5 nitrogen and oxygen atoms in total. The van der Waals surface area contributed by atoms with Crippen molar-refractivity contribution < 1.29 is 4.74 Å². The zero-order valence-corrected chi connectivity index (χ0v) is 17.8. The Hall–Kier alpha value is -0.860. The second-order valence-corrected chi connectivity index (χ2v) is 7.12. The lowest BCUT2D eigenvalue weighted by molar-refractivity contribution is 0.0992. The van der Waals surface area contributed by atoms with Gasteiger partial charge in [-0.15, -0.1) is 24.0 Å². The van der Waals surface area contributed by atoms with E-state index in [1.165, 1.54) is 18.4 Å². The molecule has 0 aromatic heterocycles. The van der Waals surface area contributed by atoms with Gasteiger partial charge in [-0.25, -0.2) is 0 Å². The summed E-state index contributed by atoms with van der Waals surface area (Å²) in [7, 11) is 6.11. The minimum absolute atomic E-state index is 0. The molecule has 2 saturated heterocycles. The van der Waals surface area contributed by atoms with Crippen molar-refractivity contribution in [3.05, 3.63) is 35.9 Å². The van der Waals surface area contributed by atoms with Gasteiger partial charge in [0.15, 0.2) is 5.96 Å². The molecule has 2 fully saturated rings. The van der Waals surface area contributed by atoms with Crippen molar-refractivity contribution in [2.75, 3.05) is 27.7 Å². The largest absolute Gasteiger partial charge is 0.373 e. The van der Waals surface area contributed by atoms with E-state index in [0.29, 0.717) is 24.3 Å². The molecule has 3 rings (SSSR count). The fraction of sp³-hybridized carbons (Fsp3) is 0.632. The number of hydrogen-bond acceptors (Lipinski definition) is 3. The Balaban J connectivity index is 0.00000225. The van der Waals surface area contributed by atoms with Crippen LogP contribution in [0.5, 0.6) is 0 Å². The van der Waals surface area contributed by atoms with E-state index < -0.39 is 0 Å². The smallest absolute Gasteiger partial charge is 0.191 e. The lowest BCUT2D eigenvalue weighted by Crippen LogP contribution is -2.50. The van der Waals surface area contributed by atoms with Gasteiger partial charge in [0, 0.05) is 19.6 Å². The first-order chi connectivity index (χ1) is 11.7. The van der Waals surface area contributed by atoms with Gasteiger partial charge in [0.1, 0.15) is 0 Å². The highest BCUT2D eigenvalue weighted by molar-refractivity contribution is 14.0. The summed E-state index contributed by atoms with van der Waals surface area (Å²) in [5.41, 5.74) is 1.36. The van der Waals surface area contributed by atoms with Crippen molar-refractivity contribution in [2.24, 2.45) is 4.99 Å². The summed E-state index contributed by atoms with van der Waals surface area (Å²) >= 11 is 0. The second-order valence-electron chi connectivity index (χ2n) is 7.12. The molecule has 4 unspecified atom stereocenters. The molecule has 2 aliphatic heterocycles. The maximum atomic E-state index is 5.92. The van der Waals surface area contributed by atoms with Crippen molar-refractivity contribution in [2.45, 2.75) is 50.0 Å². The van der Waals surface area contributed by atoms with E-state index in [2.05, 4.69) is 65.0 Å². The summed E-state index contributed by atoms with van der Waals surface area (Å²) in [6, 6.07) is 11.5. The molecule has 0 radical (unpaired) electrons. The van der Waals surface area contributed by atoms with Crippen LogP contribution < -0.4 is 10.6 Å². The van der Waals surface area contributed by atoms with Crippen molar-refractivity contribution in [1.82, 2.24) is 15.5 Å². The Morgan fingerprint density at radius 1 is 1.28 bits per heavy atom. The zero-order chi connectivity index (χ0) is 16.9. The highest BCUT2D eigenvalue weighted by Crippen LogP contribution is 2.34. The fourth-order valence-corrected chi connectivity index (χ4v) is 3.70. The quantitative estimate of drug-likeness (QED) is 0.390. The standard InChI is InChI=1S/C19H30N4O.HI/c1-20-19(22-17-12-16-9-10-18(17)24-16)21-13-15(23(2)3)11-14-7-5-4-6-8-14;/h4-8,15-18H,9-13H2,1-3H3,(H2,20,21,22);1H. The Morgan fingerprint density at radius 2 is 2.04 bits per heavy atom. The van der Waals surface area contributed by atoms with Gasteiger partial charge >= 0.3 is 0 Å². The number of nitrogens with zero attached hydrogens (tertiary/aromatic N) is 2. The van der Waals surface area contributed by atoms with E-state index in [4.69, 9.17) is 4.74 Å². The van der Waals surface area contributed by atoms with Gasteiger partial charge < -0.3 is 20.3 Å². The first-order valence-corrected chi connectivity index (χ1v) is 8.98. The first-order valence-electron chi connectivity index (χ1n) is 8.98. The van der Waals surface area contributed by atoms with Gasteiger partial charge in [-0.05, 0) is 45.3 Å². The predicted octanol–water partition coefficient (Wildman–Crippen LogP) is 2.26. The molecule has 25 heavy (non-hydrogen) atoms. The second kappa shape index (κ2) is 9.73. The van der Waals surface area contributed by atoms with Crippen molar-refractivity contribution in [3.63, 3.8) is 0 Å². The van der Waals surface area contributed by atoms with Crippen LogP contribution in [0.2, 0.25) is 0 Å². The molecule has 0 spiro atoms. The van der Waals surface area contributed by atoms with Crippen LogP contribution >= 0.6 is 24.0 Å². The third kappa shape index (κ3) is 5.56. The molecule has 0 aliphatic carbocycles. The van der Waals surface area contributed by atoms with E-state index in [1.54, 1.807) is 0 Å². The molecule has 0 saturated carbocycles. The number of ether oxygens (including phenoxy) is 1. The summed E-state index contributed by atoms with van der Waals surface area (Å²) in [4.78, 5) is 6.67. The number of hydrogen-bond donors (Lipinski definition) is 2. The molecular formula is C19H31IN4O. The van der Waals surface area contributed by atoms with E-state index in [0.717, 1.165) is 25.3 Å². The number of benzene rings is 1. The number of nitrogens with one attached hydrogen (secondary N) is 2. The van der Waals surface area contributed by atoms with Crippen LogP contribution in [0, 0.1) is 0 Å².